The van der Waals surface area contributed by atoms with Gasteiger partial charge in [0.2, 0.25) is 5.91 Å². The van der Waals surface area contributed by atoms with Crippen molar-refractivity contribution in [3.8, 4) is 0 Å². The van der Waals surface area contributed by atoms with Gasteiger partial charge in [0, 0.05) is 17.8 Å². The van der Waals surface area contributed by atoms with E-state index < -0.39 is 4.92 Å². The third-order valence-electron chi connectivity index (χ3n) is 3.70. The van der Waals surface area contributed by atoms with Crippen molar-refractivity contribution < 1.29 is 9.72 Å². The molecule has 1 fully saturated rings. The SMILES string of the molecule is CC1CCC(=NNC(=O)Cc2ccc([N+](=O)[O-])cc2)CC1. The number of nitro benzene ring substituents is 1. The van der Waals surface area contributed by atoms with Gasteiger partial charge in [-0.2, -0.15) is 5.10 Å². The van der Waals surface area contributed by atoms with Gasteiger partial charge in [-0.3, -0.25) is 14.9 Å². The number of hydrogen-bond acceptors (Lipinski definition) is 4. The van der Waals surface area contributed by atoms with Gasteiger partial charge < -0.3 is 0 Å². The number of carbonyl (C=O) groups is 1. The van der Waals surface area contributed by atoms with Crippen molar-refractivity contribution in [1.29, 1.82) is 0 Å². The third kappa shape index (κ3) is 4.66. The van der Waals surface area contributed by atoms with Gasteiger partial charge in [-0.1, -0.05) is 19.1 Å². The highest BCUT2D eigenvalue weighted by Crippen LogP contribution is 2.21. The van der Waals surface area contributed by atoms with Crippen LogP contribution in [0.3, 0.4) is 0 Å². The van der Waals surface area contributed by atoms with Crippen LogP contribution in [0.15, 0.2) is 29.4 Å². The summed E-state index contributed by atoms with van der Waals surface area (Å²) in [6, 6.07) is 5.98. The smallest absolute Gasteiger partial charge is 0.269 e. The Morgan fingerprint density at radius 1 is 1.33 bits per heavy atom. The molecule has 0 unspecified atom stereocenters. The quantitative estimate of drug-likeness (QED) is 0.683. The zero-order valence-corrected chi connectivity index (χ0v) is 12.0. The minimum Gasteiger partial charge on any atom is -0.273 e. The van der Waals surface area contributed by atoms with Gasteiger partial charge in [-0.15, -0.1) is 0 Å². The minimum absolute atomic E-state index is 0.0238. The van der Waals surface area contributed by atoms with Crippen LogP contribution < -0.4 is 5.43 Å². The first-order chi connectivity index (χ1) is 10.0. The molecule has 6 heteroatoms. The lowest BCUT2D eigenvalue weighted by Gasteiger charge is -2.18. The molecular weight excluding hydrogens is 270 g/mol. The molecule has 0 radical (unpaired) electrons. The van der Waals surface area contributed by atoms with Gasteiger partial charge in [-0.05, 0) is 37.2 Å². The van der Waals surface area contributed by atoms with Gasteiger partial charge >= 0.3 is 0 Å². The fourth-order valence-electron chi connectivity index (χ4n) is 2.31. The van der Waals surface area contributed by atoms with Gasteiger partial charge in [0.15, 0.2) is 0 Å². The van der Waals surface area contributed by atoms with E-state index in [1.54, 1.807) is 12.1 Å². The van der Waals surface area contributed by atoms with Crippen molar-refractivity contribution in [1.82, 2.24) is 5.43 Å². The highest BCUT2D eigenvalue weighted by atomic mass is 16.6. The normalized spacial score (nSPS) is 18.1. The summed E-state index contributed by atoms with van der Waals surface area (Å²) < 4.78 is 0. The van der Waals surface area contributed by atoms with Crippen molar-refractivity contribution in [2.45, 2.75) is 39.0 Å². The Hall–Kier alpha value is -2.24. The van der Waals surface area contributed by atoms with Crippen LogP contribution in [0.4, 0.5) is 5.69 Å². The summed E-state index contributed by atoms with van der Waals surface area (Å²) in [5, 5.41) is 14.7. The lowest BCUT2D eigenvalue weighted by atomic mass is 9.90. The first-order valence-corrected chi connectivity index (χ1v) is 7.12. The molecule has 1 aromatic rings. The number of benzene rings is 1. The number of non-ortho nitro benzene ring substituents is 1. The van der Waals surface area contributed by atoms with Gasteiger partial charge in [0.05, 0.1) is 11.3 Å². The monoisotopic (exact) mass is 289 g/mol. The number of amides is 1. The number of rotatable bonds is 4. The Balaban J connectivity index is 1.84. The fourth-order valence-corrected chi connectivity index (χ4v) is 2.31. The van der Waals surface area contributed by atoms with Crippen molar-refractivity contribution >= 4 is 17.3 Å². The maximum absolute atomic E-state index is 11.8. The maximum Gasteiger partial charge on any atom is 0.269 e. The van der Waals surface area contributed by atoms with E-state index in [1.807, 2.05) is 0 Å². The van der Waals surface area contributed by atoms with E-state index in [-0.39, 0.29) is 18.0 Å². The molecule has 0 heterocycles. The summed E-state index contributed by atoms with van der Waals surface area (Å²) in [7, 11) is 0. The van der Waals surface area contributed by atoms with Crippen LogP contribution >= 0.6 is 0 Å². The van der Waals surface area contributed by atoms with Crippen LogP contribution in [-0.4, -0.2) is 16.5 Å². The molecule has 0 aromatic heterocycles. The van der Waals surface area contributed by atoms with Crippen molar-refractivity contribution in [3.05, 3.63) is 39.9 Å². The summed E-state index contributed by atoms with van der Waals surface area (Å²) in [6.07, 6.45) is 4.30. The molecule has 1 aliphatic carbocycles. The minimum atomic E-state index is -0.458. The highest BCUT2D eigenvalue weighted by Gasteiger charge is 2.14. The molecule has 1 saturated carbocycles. The standard InChI is InChI=1S/C15H19N3O3/c1-11-2-6-13(7-3-11)16-17-15(19)10-12-4-8-14(9-5-12)18(20)21/h4-5,8-9,11H,2-3,6-7,10H2,1H3,(H,17,19). The molecule has 1 aliphatic rings. The molecule has 1 N–H and O–H groups in total. The topological polar surface area (TPSA) is 84.6 Å². The van der Waals surface area contributed by atoms with Crippen molar-refractivity contribution in [2.75, 3.05) is 0 Å². The van der Waals surface area contributed by atoms with Crippen molar-refractivity contribution in [2.24, 2.45) is 11.0 Å². The second kappa shape index (κ2) is 6.97. The molecule has 0 atom stereocenters. The summed E-state index contributed by atoms with van der Waals surface area (Å²) in [5.74, 6) is 0.537. The Morgan fingerprint density at radius 2 is 1.95 bits per heavy atom. The van der Waals surface area contributed by atoms with E-state index in [9.17, 15) is 14.9 Å². The summed E-state index contributed by atoms with van der Waals surface area (Å²) in [4.78, 5) is 21.9. The zero-order valence-electron chi connectivity index (χ0n) is 12.0. The lowest BCUT2D eigenvalue weighted by Crippen LogP contribution is -2.23. The Bertz CT molecular complexity index is 542. The first kappa shape index (κ1) is 15.2. The largest absolute Gasteiger partial charge is 0.273 e. The van der Waals surface area contributed by atoms with E-state index in [4.69, 9.17) is 0 Å². The second-order valence-corrected chi connectivity index (χ2v) is 5.50. The highest BCUT2D eigenvalue weighted by molar-refractivity contribution is 5.87. The molecule has 1 aromatic carbocycles. The summed E-state index contributed by atoms with van der Waals surface area (Å²) in [5.41, 5.74) is 4.37. The number of hydrazone groups is 1. The number of nitrogens with one attached hydrogen (secondary N) is 1. The van der Waals surface area contributed by atoms with Crippen LogP contribution in [0.1, 0.15) is 38.2 Å². The Morgan fingerprint density at radius 3 is 2.52 bits per heavy atom. The first-order valence-electron chi connectivity index (χ1n) is 7.12. The third-order valence-corrected chi connectivity index (χ3v) is 3.70. The molecule has 0 aliphatic heterocycles. The number of hydrogen-bond donors (Lipinski definition) is 1. The van der Waals surface area contributed by atoms with Crippen LogP contribution in [0.2, 0.25) is 0 Å². The predicted octanol–water partition coefficient (Wildman–Crippen LogP) is 2.82. The molecular formula is C15H19N3O3. The van der Waals surface area contributed by atoms with E-state index in [0.717, 1.165) is 42.9 Å². The van der Waals surface area contributed by atoms with Crippen LogP contribution in [0.5, 0.6) is 0 Å². The average Bonchev–Trinajstić information content (AvgIpc) is 2.47. The average molecular weight is 289 g/mol. The second-order valence-electron chi connectivity index (χ2n) is 5.50. The van der Waals surface area contributed by atoms with Gasteiger partial charge in [0.25, 0.3) is 5.69 Å². The predicted molar refractivity (Wildman–Crippen MR) is 80.0 cm³/mol. The van der Waals surface area contributed by atoms with Crippen molar-refractivity contribution in [3.63, 3.8) is 0 Å². The van der Waals surface area contributed by atoms with E-state index in [1.165, 1.54) is 12.1 Å². The molecule has 2 rings (SSSR count). The van der Waals surface area contributed by atoms with Crippen LogP contribution in [0.25, 0.3) is 0 Å². The van der Waals surface area contributed by atoms with Crippen LogP contribution in [-0.2, 0) is 11.2 Å². The molecule has 0 saturated heterocycles. The van der Waals surface area contributed by atoms with E-state index in [0.29, 0.717) is 0 Å². The number of nitro groups is 1. The maximum atomic E-state index is 11.8. The number of carbonyl (C=O) groups excluding carboxylic acids is 1. The van der Waals surface area contributed by atoms with Crippen LogP contribution in [0, 0.1) is 16.0 Å². The lowest BCUT2D eigenvalue weighted by molar-refractivity contribution is -0.384. The Kier molecular flexibility index (Phi) is 5.03. The van der Waals surface area contributed by atoms with E-state index in [2.05, 4.69) is 17.5 Å². The molecule has 0 spiro atoms. The molecule has 112 valence electrons. The van der Waals surface area contributed by atoms with Gasteiger partial charge in [0.1, 0.15) is 0 Å². The fraction of sp³-hybridized carbons (Fsp3) is 0.467. The summed E-state index contributed by atoms with van der Waals surface area (Å²) in [6.45, 7) is 2.23. The van der Waals surface area contributed by atoms with E-state index >= 15 is 0 Å². The molecule has 21 heavy (non-hydrogen) atoms. The molecule has 6 nitrogen and oxygen atoms in total. The Labute approximate surface area is 123 Å². The van der Waals surface area contributed by atoms with Gasteiger partial charge in [-0.25, -0.2) is 5.43 Å². The molecule has 1 amide bonds. The number of nitrogens with zero attached hydrogens (tertiary/aromatic N) is 2. The summed E-state index contributed by atoms with van der Waals surface area (Å²) >= 11 is 0. The molecule has 0 bridgehead atoms. The zero-order chi connectivity index (χ0) is 15.2.